The molecule has 2 aromatic heterocycles. The van der Waals surface area contributed by atoms with Crippen molar-refractivity contribution in [2.24, 2.45) is 17.3 Å². The molecule has 4 aliphatic carbocycles. The molecule has 4 saturated carbocycles. The monoisotopic (exact) mass is 464 g/mol. The van der Waals surface area contributed by atoms with Crippen LogP contribution in [0.1, 0.15) is 44.1 Å². The number of aromatic nitrogens is 4. The SMILES string of the molecule is C=C1N(C)c2cnc(Nc3cc4cncnc4cc3C)nc2N1C12CC3CC(CC(C#N)(C3)C1)C2. The summed E-state index contributed by atoms with van der Waals surface area (Å²) in [6, 6.07) is 6.84. The Labute approximate surface area is 204 Å². The number of benzene rings is 1. The van der Waals surface area contributed by atoms with Gasteiger partial charge in [0.1, 0.15) is 17.8 Å². The van der Waals surface area contributed by atoms with Gasteiger partial charge in [0.25, 0.3) is 0 Å². The molecule has 1 N–H and O–H groups in total. The molecule has 0 amide bonds. The Balaban J connectivity index is 1.29. The fourth-order valence-electron chi connectivity index (χ4n) is 7.73. The summed E-state index contributed by atoms with van der Waals surface area (Å²) >= 11 is 0. The molecule has 8 nitrogen and oxygen atoms in total. The second kappa shape index (κ2) is 6.91. The average Bonchev–Trinajstić information content (AvgIpc) is 3.08. The van der Waals surface area contributed by atoms with Gasteiger partial charge in [-0.15, -0.1) is 0 Å². The maximum absolute atomic E-state index is 10.2. The highest BCUT2D eigenvalue weighted by molar-refractivity contribution is 5.85. The van der Waals surface area contributed by atoms with E-state index in [0.29, 0.717) is 17.8 Å². The minimum absolute atomic E-state index is 0.0990. The number of rotatable bonds is 3. The Morgan fingerprint density at radius 1 is 1.14 bits per heavy atom. The fourth-order valence-corrected chi connectivity index (χ4v) is 7.73. The minimum atomic E-state index is -0.204. The van der Waals surface area contributed by atoms with Crippen LogP contribution in [0.3, 0.4) is 0 Å². The lowest BCUT2D eigenvalue weighted by molar-refractivity contribution is -0.0370. The first kappa shape index (κ1) is 20.6. The molecule has 0 radical (unpaired) electrons. The summed E-state index contributed by atoms with van der Waals surface area (Å²) in [6.45, 7) is 6.52. The largest absolute Gasteiger partial charge is 0.327 e. The Bertz CT molecular complexity index is 1420. The highest BCUT2D eigenvalue weighted by atomic mass is 15.5. The third-order valence-electron chi connectivity index (χ3n) is 8.81. The topological polar surface area (TPSA) is 93.9 Å². The van der Waals surface area contributed by atoms with Crippen molar-refractivity contribution in [3.63, 3.8) is 0 Å². The van der Waals surface area contributed by atoms with E-state index in [0.717, 1.165) is 71.6 Å². The third kappa shape index (κ3) is 2.90. The molecule has 0 spiro atoms. The second-order valence-corrected chi connectivity index (χ2v) is 11.2. The van der Waals surface area contributed by atoms with Crippen LogP contribution in [0.25, 0.3) is 10.9 Å². The lowest BCUT2D eigenvalue weighted by Crippen LogP contribution is -2.63. The molecule has 2 atom stereocenters. The molecule has 8 rings (SSSR count). The Morgan fingerprint density at radius 3 is 2.71 bits per heavy atom. The van der Waals surface area contributed by atoms with Crippen LogP contribution in [0, 0.1) is 35.5 Å². The van der Waals surface area contributed by atoms with Gasteiger partial charge >= 0.3 is 0 Å². The van der Waals surface area contributed by atoms with Crippen LogP contribution in [-0.4, -0.2) is 32.5 Å². The molecule has 8 heteroatoms. The van der Waals surface area contributed by atoms with E-state index in [1.807, 2.05) is 31.6 Å². The van der Waals surface area contributed by atoms with Crippen LogP contribution >= 0.6 is 0 Å². The zero-order chi connectivity index (χ0) is 23.9. The lowest BCUT2D eigenvalue weighted by atomic mass is 9.47. The molecule has 4 bridgehead atoms. The molecule has 5 aliphatic rings. The number of hydrogen-bond donors (Lipinski definition) is 1. The Morgan fingerprint density at radius 2 is 1.94 bits per heavy atom. The maximum Gasteiger partial charge on any atom is 0.229 e. The first-order chi connectivity index (χ1) is 16.9. The van der Waals surface area contributed by atoms with Crippen molar-refractivity contribution < 1.29 is 0 Å². The number of aryl methyl sites for hydroxylation is 1. The molecule has 0 saturated heterocycles. The van der Waals surface area contributed by atoms with E-state index in [2.05, 4.69) is 49.6 Å². The van der Waals surface area contributed by atoms with Gasteiger partial charge in [0.15, 0.2) is 5.82 Å². The molecule has 4 fully saturated rings. The van der Waals surface area contributed by atoms with Crippen molar-refractivity contribution in [2.75, 3.05) is 22.2 Å². The van der Waals surface area contributed by atoms with Crippen LogP contribution in [0.5, 0.6) is 0 Å². The summed E-state index contributed by atoms with van der Waals surface area (Å²) in [5.74, 6) is 3.60. The number of nitrogens with zero attached hydrogens (tertiary/aromatic N) is 7. The van der Waals surface area contributed by atoms with Crippen molar-refractivity contribution in [2.45, 2.75) is 51.0 Å². The van der Waals surface area contributed by atoms with Gasteiger partial charge in [0.05, 0.1) is 28.7 Å². The van der Waals surface area contributed by atoms with E-state index in [4.69, 9.17) is 4.98 Å². The maximum atomic E-state index is 10.2. The summed E-state index contributed by atoms with van der Waals surface area (Å²) in [6.07, 6.45) is 11.7. The molecular formula is C27H28N8. The summed E-state index contributed by atoms with van der Waals surface area (Å²) in [4.78, 5) is 22.6. The predicted octanol–water partition coefficient (Wildman–Crippen LogP) is 5.06. The van der Waals surface area contributed by atoms with Gasteiger partial charge < -0.3 is 15.1 Å². The highest BCUT2D eigenvalue weighted by Gasteiger charge is 2.62. The van der Waals surface area contributed by atoms with Crippen molar-refractivity contribution >= 4 is 34.0 Å². The highest BCUT2D eigenvalue weighted by Crippen LogP contribution is 2.65. The summed E-state index contributed by atoms with van der Waals surface area (Å²) < 4.78 is 0. The molecular weight excluding hydrogens is 436 g/mol. The molecule has 3 aromatic rings. The van der Waals surface area contributed by atoms with Gasteiger partial charge in [-0.25, -0.2) is 15.0 Å². The molecule has 1 aliphatic heterocycles. The van der Waals surface area contributed by atoms with Crippen LogP contribution in [0.2, 0.25) is 0 Å². The Hall–Kier alpha value is -3.73. The van der Waals surface area contributed by atoms with Crippen molar-refractivity contribution in [1.29, 1.82) is 5.26 Å². The normalized spacial score (nSPS) is 30.6. The zero-order valence-corrected chi connectivity index (χ0v) is 20.1. The smallest absolute Gasteiger partial charge is 0.229 e. The second-order valence-electron chi connectivity index (χ2n) is 11.2. The molecule has 176 valence electrons. The van der Waals surface area contributed by atoms with E-state index in [1.165, 1.54) is 6.42 Å². The van der Waals surface area contributed by atoms with Crippen molar-refractivity contribution in [3.8, 4) is 6.07 Å². The first-order valence-electron chi connectivity index (χ1n) is 12.4. The van der Waals surface area contributed by atoms with Gasteiger partial charge in [-0.2, -0.15) is 10.2 Å². The van der Waals surface area contributed by atoms with Gasteiger partial charge in [-0.1, -0.05) is 6.58 Å². The summed E-state index contributed by atoms with van der Waals surface area (Å²) in [5, 5.41) is 14.6. The summed E-state index contributed by atoms with van der Waals surface area (Å²) in [7, 11) is 2.03. The number of anilines is 4. The molecule has 1 aromatic carbocycles. The molecule has 35 heavy (non-hydrogen) atoms. The van der Waals surface area contributed by atoms with Gasteiger partial charge in [0, 0.05) is 24.3 Å². The van der Waals surface area contributed by atoms with Gasteiger partial charge in [0.2, 0.25) is 5.95 Å². The summed E-state index contributed by atoms with van der Waals surface area (Å²) in [5.41, 5.74) is 3.57. The quantitative estimate of drug-likeness (QED) is 0.575. The van der Waals surface area contributed by atoms with E-state index in [9.17, 15) is 5.26 Å². The van der Waals surface area contributed by atoms with Crippen LogP contribution < -0.4 is 15.1 Å². The minimum Gasteiger partial charge on any atom is -0.327 e. The number of fused-ring (bicyclic) bond motifs is 2. The van der Waals surface area contributed by atoms with E-state index in [1.54, 1.807) is 6.33 Å². The van der Waals surface area contributed by atoms with Crippen LogP contribution in [0.15, 0.2) is 43.3 Å². The van der Waals surface area contributed by atoms with Gasteiger partial charge in [-0.3, -0.25) is 0 Å². The number of nitrogens with one attached hydrogen (secondary N) is 1. The predicted molar refractivity (Wildman–Crippen MR) is 135 cm³/mol. The van der Waals surface area contributed by atoms with E-state index < -0.39 is 0 Å². The average molecular weight is 465 g/mol. The van der Waals surface area contributed by atoms with Gasteiger partial charge in [-0.05, 0) is 75.0 Å². The number of nitriles is 1. The third-order valence-corrected chi connectivity index (χ3v) is 8.81. The molecule has 3 heterocycles. The first-order valence-corrected chi connectivity index (χ1v) is 12.4. The zero-order valence-electron chi connectivity index (χ0n) is 20.1. The standard InChI is InChI=1S/C27H28N8/c1-16-4-22-20(11-29-15-31-22)6-21(16)32-25-30-12-23-24(33-25)35(17(2)34(23)3)27-9-18-5-19(10-27)8-26(7-18,13-27)14-28/h4,6,11-12,15,18-19H,2,5,7-10,13H2,1,3H3,(H,30,32,33). The van der Waals surface area contributed by atoms with Crippen LogP contribution in [-0.2, 0) is 0 Å². The Kier molecular flexibility index (Phi) is 4.07. The van der Waals surface area contributed by atoms with Crippen molar-refractivity contribution in [1.82, 2.24) is 19.9 Å². The fraction of sp³-hybridized carbons (Fsp3) is 0.444. The number of hydrogen-bond acceptors (Lipinski definition) is 8. The van der Waals surface area contributed by atoms with Crippen molar-refractivity contribution in [3.05, 3.63) is 48.8 Å². The van der Waals surface area contributed by atoms with E-state index in [-0.39, 0.29) is 11.0 Å². The van der Waals surface area contributed by atoms with E-state index >= 15 is 0 Å². The molecule has 2 unspecified atom stereocenters. The lowest BCUT2D eigenvalue weighted by Gasteiger charge is -2.62. The van der Waals surface area contributed by atoms with Crippen LogP contribution in [0.4, 0.5) is 23.1 Å².